The molecule has 0 unspecified atom stereocenters. The highest BCUT2D eigenvalue weighted by molar-refractivity contribution is 5.94. The van der Waals surface area contributed by atoms with Gasteiger partial charge in [-0.25, -0.2) is 4.79 Å². The molecule has 0 aliphatic carbocycles. The molecule has 0 aliphatic heterocycles. The Morgan fingerprint density at radius 2 is 2.04 bits per heavy atom. The van der Waals surface area contributed by atoms with Gasteiger partial charge in [-0.1, -0.05) is 18.2 Å². The fraction of sp³-hybridized carbons (Fsp3) is 0.0526. The number of methoxy groups -OCH3 is 1. The second kappa shape index (κ2) is 7.43. The minimum atomic E-state index is -0.742. The van der Waals surface area contributed by atoms with Crippen molar-refractivity contribution in [3.63, 3.8) is 0 Å². The van der Waals surface area contributed by atoms with Crippen LogP contribution in [0.15, 0.2) is 60.8 Å². The van der Waals surface area contributed by atoms with Gasteiger partial charge >= 0.3 is 11.7 Å². The monoisotopic (exact) mass is 350 g/mol. The molecule has 0 saturated heterocycles. The van der Waals surface area contributed by atoms with Crippen LogP contribution in [0.3, 0.4) is 0 Å². The number of hydrogen-bond donors (Lipinski definition) is 0. The van der Waals surface area contributed by atoms with E-state index in [0.717, 1.165) is 5.56 Å². The molecule has 0 aliphatic rings. The summed E-state index contributed by atoms with van der Waals surface area (Å²) in [5, 5.41) is 11.9. The van der Waals surface area contributed by atoms with E-state index in [1.807, 2.05) is 0 Å². The van der Waals surface area contributed by atoms with Crippen LogP contribution in [0, 0.1) is 10.1 Å². The van der Waals surface area contributed by atoms with E-state index in [4.69, 9.17) is 9.47 Å². The van der Waals surface area contributed by atoms with Gasteiger partial charge in [0.2, 0.25) is 5.75 Å². The number of ether oxygens (including phenoxy) is 2. The third-order valence-electron chi connectivity index (χ3n) is 3.61. The number of carbonyl (C=O) groups excluding carboxylic acids is 1. The highest BCUT2D eigenvalue weighted by Gasteiger charge is 2.21. The minimum absolute atomic E-state index is 0.173. The van der Waals surface area contributed by atoms with Gasteiger partial charge in [0, 0.05) is 23.7 Å². The Hall–Kier alpha value is -3.74. The van der Waals surface area contributed by atoms with Crippen LogP contribution in [0.5, 0.6) is 11.5 Å². The van der Waals surface area contributed by atoms with Crippen molar-refractivity contribution in [3.8, 4) is 11.5 Å². The molecule has 0 spiro atoms. The van der Waals surface area contributed by atoms with Gasteiger partial charge in [-0.15, -0.1) is 0 Å². The normalized spacial score (nSPS) is 10.8. The third-order valence-corrected chi connectivity index (χ3v) is 3.61. The number of rotatable bonds is 5. The molecule has 0 N–H and O–H groups in total. The Kier molecular flexibility index (Phi) is 4.89. The Balaban J connectivity index is 1.90. The lowest BCUT2D eigenvalue weighted by Crippen LogP contribution is -2.07. The first-order valence-electron chi connectivity index (χ1n) is 7.64. The van der Waals surface area contributed by atoms with Crippen LogP contribution in [0.1, 0.15) is 5.56 Å². The first-order valence-corrected chi connectivity index (χ1v) is 7.64. The Labute approximate surface area is 148 Å². The average molecular weight is 350 g/mol. The van der Waals surface area contributed by atoms with Crippen LogP contribution >= 0.6 is 0 Å². The maximum Gasteiger partial charge on any atom is 0.336 e. The summed E-state index contributed by atoms with van der Waals surface area (Å²) in [5.41, 5.74) is 0.663. The molecule has 1 heterocycles. The lowest BCUT2D eigenvalue weighted by atomic mass is 10.2. The Bertz CT molecular complexity index is 1010. The van der Waals surface area contributed by atoms with E-state index in [9.17, 15) is 14.9 Å². The first kappa shape index (κ1) is 17.1. The van der Waals surface area contributed by atoms with Crippen molar-refractivity contribution in [2.75, 3.05) is 7.11 Å². The Morgan fingerprint density at radius 1 is 1.19 bits per heavy atom. The molecular formula is C19H14N2O5. The van der Waals surface area contributed by atoms with E-state index >= 15 is 0 Å². The van der Waals surface area contributed by atoms with Crippen molar-refractivity contribution < 1.29 is 19.2 Å². The zero-order valence-electron chi connectivity index (χ0n) is 13.8. The van der Waals surface area contributed by atoms with Gasteiger partial charge in [-0.3, -0.25) is 15.1 Å². The van der Waals surface area contributed by atoms with Crippen molar-refractivity contribution >= 4 is 28.6 Å². The lowest BCUT2D eigenvalue weighted by molar-refractivity contribution is -0.385. The molecule has 0 fully saturated rings. The fourth-order valence-electron chi connectivity index (χ4n) is 2.40. The van der Waals surface area contributed by atoms with Crippen LogP contribution in [0.2, 0.25) is 0 Å². The van der Waals surface area contributed by atoms with Crippen LogP contribution in [-0.4, -0.2) is 23.0 Å². The van der Waals surface area contributed by atoms with E-state index < -0.39 is 10.9 Å². The second-order valence-electron chi connectivity index (χ2n) is 5.28. The zero-order chi connectivity index (χ0) is 18.5. The summed E-state index contributed by atoms with van der Waals surface area (Å²) in [6.45, 7) is 0. The third kappa shape index (κ3) is 3.67. The molecule has 7 nitrogen and oxygen atoms in total. The van der Waals surface area contributed by atoms with E-state index in [0.29, 0.717) is 11.1 Å². The van der Waals surface area contributed by atoms with Crippen molar-refractivity contribution in [1.29, 1.82) is 0 Å². The topological polar surface area (TPSA) is 91.6 Å². The number of pyridine rings is 1. The summed E-state index contributed by atoms with van der Waals surface area (Å²) in [6.07, 6.45) is 4.21. The van der Waals surface area contributed by atoms with Crippen LogP contribution in [-0.2, 0) is 4.79 Å². The Morgan fingerprint density at radius 3 is 2.81 bits per heavy atom. The van der Waals surface area contributed by atoms with Gasteiger partial charge in [0.25, 0.3) is 0 Å². The molecule has 3 aromatic rings. The molecule has 7 heteroatoms. The minimum Gasteiger partial charge on any atom is -0.497 e. The van der Waals surface area contributed by atoms with Gasteiger partial charge in [0.15, 0.2) is 0 Å². The van der Waals surface area contributed by atoms with Gasteiger partial charge < -0.3 is 9.47 Å². The number of fused-ring (bicyclic) bond motifs is 1. The van der Waals surface area contributed by atoms with Crippen LogP contribution in [0.4, 0.5) is 5.69 Å². The molecule has 2 aromatic carbocycles. The standard InChI is InChI=1S/C19H14N2O5/c1-25-15-6-2-4-13(12-15)7-10-17(22)26-19-16(21(23)24)9-8-14-5-3-11-20-18(14)19/h2-12H,1H3. The predicted octanol–water partition coefficient (Wildman–Crippen LogP) is 3.77. The summed E-state index contributed by atoms with van der Waals surface area (Å²) >= 11 is 0. The summed E-state index contributed by atoms with van der Waals surface area (Å²) in [4.78, 5) is 26.9. The zero-order valence-corrected chi connectivity index (χ0v) is 13.8. The molecule has 0 atom stereocenters. The highest BCUT2D eigenvalue weighted by Crippen LogP contribution is 2.34. The number of aromatic nitrogens is 1. The van der Waals surface area contributed by atoms with Crippen molar-refractivity contribution in [3.05, 3.63) is 76.5 Å². The number of nitro benzene ring substituents is 1. The van der Waals surface area contributed by atoms with E-state index in [1.54, 1.807) is 49.6 Å². The second-order valence-corrected chi connectivity index (χ2v) is 5.28. The first-order chi connectivity index (χ1) is 12.6. The van der Waals surface area contributed by atoms with Crippen molar-refractivity contribution in [2.45, 2.75) is 0 Å². The number of esters is 1. The van der Waals surface area contributed by atoms with Crippen molar-refractivity contribution in [2.24, 2.45) is 0 Å². The van der Waals surface area contributed by atoms with Crippen LogP contribution < -0.4 is 9.47 Å². The molecule has 130 valence electrons. The van der Waals surface area contributed by atoms with Gasteiger partial charge in [-0.2, -0.15) is 0 Å². The smallest absolute Gasteiger partial charge is 0.336 e. The lowest BCUT2D eigenvalue weighted by Gasteiger charge is -2.06. The SMILES string of the molecule is COc1cccc(C=CC(=O)Oc2c([N+](=O)[O-])ccc3cccnc23)c1. The molecular weight excluding hydrogens is 336 g/mol. The molecule has 3 rings (SSSR count). The fourth-order valence-corrected chi connectivity index (χ4v) is 2.40. The maximum atomic E-state index is 12.2. The molecule has 0 saturated carbocycles. The summed E-state index contributed by atoms with van der Waals surface area (Å²) < 4.78 is 10.4. The quantitative estimate of drug-likeness (QED) is 0.229. The molecule has 26 heavy (non-hydrogen) atoms. The number of nitro groups is 1. The summed E-state index contributed by atoms with van der Waals surface area (Å²) in [5.74, 6) is -0.267. The van der Waals surface area contributed by atoms with E-state index in [-0.39, 0.29) is 17.0 Å². The summed E-state index contributed by atoms with van der Waals surface area (Å²) in [7, 11) is 1.55. The van der Waals surface area contributed by atoms with E-state index in [1.165, 1.54) is 24.4 Å². The predicted molar refractivity (Wildman–Crippen MR) is 96.1 cm³/mol. The van der Waals surface area contributed by atoms with Gasteiger partial charge in [0.1, 0.15) is 11.3 Å². The molecule has 0 bridgehead atoms. The average Bonchev–Trinajstić information content (AvgIpc) is 2.66. The molecule has 0 radical (unpaired) electrons. The number of carbonyl (C=O) groups is 1. The van der Waals surface area contributed by atoms with Crippen molar-refractivity contribution in [1.82, 2.24) is 4.98 Å². The van der Waals surface area contributed by atoms with Gasteiger partial charge in [0.05, 0.1) is 12.0 Å². The molecule has 1 aromatic heterocycles. The number of hydrogen-bond acceptors (Lipinski definition) is 6. The molecule has 0 amide bonds. The largest absolute Gasteiger partial charge is 0.497 e. The van der Waals surface area contributed by atoms with E-state index in [2.05, 4.69) is 4.98 Å². The number of nitrogens with zero attached hydrogens (tertiary/aromatic N) is 2. The highest BCUT2D eigenvalue weighted by atomic mass is 16.6. The van der Waals surface area contributed by atoms with Gasteiger partial charge in [-0.05, 0) is 35.9 Å². The summed E-state index contributed by atoms with van der Waals surface area (Å²) in [6, 6.07) is 13.4. The van der Waals surface area contributed by atoms with Crippen LogP contribution in [0.25, 0.3) is 17.0 Å². The number of benzene rings is 2. The maximum absolute atomic E-state index is 12.2.